The van der Waals surface area contributed by atoms with Crippen molar-refractivity contribution in [1.82, 2.24) is 5.32 Å². The minimum atomic E-state index is -0.306. The van der Waals surface area contributed by atoms with Crippen molar-refractivity contribution >= 4 is 12.4 Å². The molecule has 1 heterocycles. The van der Waals surface area contributed by atoms with E-state index in [2.05, 4.69) is 5.32 Å². The van der Waals surface area contributed by atoms with Crippen LogP contribution in [0.5, 0.6) is 0 Å². The minimum Gasteiger partial charge on any atom is -0.389 e. The first-order valence-corrected chi connectivity index (χ1v) is 2.77. The van der Waals surface area contributed by atoms with E-state index in [0.29, 0.717) is 13.2 Å². The Balaban J connectivity index is 0.000000640. The number of nitrogens with one attached hydrogen (secondary N) is 1. The van der Waals surface area contributed by atoms with E-state index >= 15 is 0 Å². The zero-order chi connectivity index (χ0) is 5.98. The Morgan fingerprint density at radius 1 is 1.56 bits per heavy atom. The fourth-order valence-corrected chi connectivity index (χ4v) is 0.819. The predicted molar refractivity (Wildman–Crippen MR) is 36.9 cm³/mol. The largest absolute Gasteiger partial charge is 0.389 e. The molecule has 3 nitrogen and oxygen atoms in total. The van der Waals surface area contributed by atoms with Gasteiger partial charge >= 0.3 is 0 Å². The van der Waals surface area contributed by atoms with Gasteiger partial charge in [0.15, 0.2) is 0 Å². The van der Waals surface area contributed by atoms with Gasteiger partial charge < -0.3 is 15.2 Å². The molecule has 4 heteroatoms. The molecule has 0 amide bonds. The summed E-state index contributed by atoms with van der Waals surface area (Å²) in [5.41, 5.74) is 0. The Morgan fingerprint density at radius 3 is 2.44 bits per heavy atom. The van der Waals surface area contributed by atoms with Gasteiger partial charge in [-0.05, 0) is 7.05 Å². The summed E-state index contributed by atoms with van der Waals surface area (Å²) in [5.74, 6) is 0. The maximum atomic E-state index is 9.00. The van der Waals surface area contributed by atoms with Crippen LogP contribution in [0.3, 0.4) is 0 Å². The molecule has 1 fully saturated rings. The zero-order valence-corrected chi connectivity index (χ0v) is 6.15. The maximum absolute atomic E-state index is 9.00. The van der Waals surface area contributed by atoms with Crippen LogP contribution in [-0.2, 0) is 4.74 Å². The standard InChI is InChI=1S/C5H11NO2.ClH/c1-6-4-2-8-3-5(4)7;/h4-7H,2-3H2,1H3;1H/t4-,5-;/m0./s1. The summed E-state index contributed by atoms with van der Waals surface area (Å²) < 4.78 is 4.95. The summed E-state index contributed by atoms with van der Waals surface area (Å²) in [4.78, 5) is 0. The van der Waals surface area contributed by atoms with E-state index in [-0.39, 0.29) is 24.6 Å². The van der Waals surface area contributed by atoms with E-state index in [1.54, 1.807) is 0 Å². The topological polar surface area (TPSA) is 41.5 Å². The van der Waals surface area contributed by atoms with Gasteiger partial charge in [0.05, 0.1) is 25.4 Å². The molecule has 2 N–H and O–H groups in total. The number of aliphatic hydroxyl groups excluding tert-OH is 1. The molecular weight excluding hydrogens is 142 g/mol. The highest BCUT2D eigenvalue weighted by atomic mass is 35.5. The van der Waals surface area contributed by atoms with Gasteiger partial charge in [-0.15, -0.1) is 12.4 Å². The molecule has 0 aromatic heterocycles. The molecule has 0 spiro atoms. The highest BCUT2D eigenvalue weighted by Crippen LogP contribution is 2.02. The third-order valence-corrected chi connectivity index (χ3v) is 1.42. The molecule has 0 unspecified atom stereocenters. The average Bonchev–Trinajstić information content (AvgIpc) is 2.14. The molecule has 9 heavy (non-hydrogen) atoms. The number of ether oxygens (including phenoxy) is 1. The molecule has 0 aromatic carbocycles. The monoisotopic (exact) mass is 153 g/mol. The van der Waals surface area contributed by atoms with Crippen molar-refractivity contribution in [3.8, 4) is 0 Å². The summed E-state index contributed by atoms with van der Waals surface area (Å²) >= 11 is 0. The van der Waals surface area contributed by atoms with Gasteiger partial charge in [0, 0.05) is 0 Å². The molecule has 0 saturated carbocycles. The van der Waals surface area contributed by atoms with Gasteiger partial charge in [0.2, 0.25) is 0 Å². The van der Waals surface area contributed by atoms with E-state index in [0.717, 1.165) is 0 Å². The minimum absolute atomic E-state index is 0. The molecule has 56 valence electrons. The van der Waals surface area contributed by atoms with E-state index in [4.69, 9.17) is 9.84 Å². The number of hydrogen-bond donors (Lipinski definition) is 2. The van der Waals surface area contributed by atoms with Crippen LogP contribution >= 0.6 is 12.4 Å². The second kappa shape index (κ2) is 4.06. The van der Waals surface area contributed by atoms with Crippen LogP contribution in [0.15, 0.2) is 0 Å². The van der Waals surface area contributed by atoms with Gasteiger partial charge in [-0.25, -0.2) is 0 Å². The van der Waals surface area contributed by atoms with Crippen molar-refractivity contribution in [3.63, 3.8) is 0 Å². The Kier molecular flexibility index (Phi) is 4.14. The van der Waals surface area contributed by atoms with E-state index < -0.39 is 0 Å². The Hall–Kier alpha value is 0.170. The molecule has 0 radical (unpaired) electrons. The molecule has 0 bridgehead atoms. The van der Waals surface area contributed by atoms with Crippen LogP contribution in [0.1, 0.15) is 0 Å². The van der Waals surface area contributed by atoms with E-state index in [1.807, 2.05) is 7.05 Å². The quantitative estimate of drug-likeness (QED) is 0.528. The fraction of sp³-hybridized carbons (Fsp3) is 1.00. The lowest BCUT2D eigenvalue weighted by atomic mass is 10.2. The van der Waals surface area contributed by atoms with E-state index in [9.17, 15) is 0 Å². The number of hydrogen-bond acceptors (Lipinski definition) is 3. The van der Waals surface area contributed by atoms with Crippen LogP contribution in [0, 0.1) is 0 Å². The molecule has 1 saturated heterocycles. The van der Waals surface area contributed by atoms with Crippen molar-refractivity contribution in [2.45, 2.75) is 12.1 Å². The lowest BCUT2D eigenvalue weighted by Crippen LogP contribution is -2.35. The summed E-state index contributed by atoms with van der Waals surface area (Å²) in [6, 6.07) is 0.148. The molecule has 1 aliphatic heterocycles. The Morgan fingerprint density at radius 2 is 2.22 bits per heavy atom. The zero-order valence-electron chi connectivity index (χ0n) is 5.33. The number of likely N-dealkylation sites (N-methyl/N-ethyl adjacent to an activating group) is 1. The van der Waals surface area contributed by atoms with Crippen LogP contribution in [0.4, 0.5) is 0 Å². The van der Waals surface area contributed by atoms with Crippen molar-refractivity contribution in [2.75, 3.05) is 20.3 Å². The van der Waals surface area contributed by atoms with Gasteiger partial charge in [0.25, 0.3) is 0 Å². The van der Waals surface area contributed by atoms with Gasteiger partial charge in [-0.2, -0.15) is 0 Å². The lowest BCUT2D eigenvalue weighted by molar-refractivity contribution is 0.123. The molecule has 1 aliphatic rings. The van der Waals surface area contributed by atoms with Gasteiger partial charge in [-0.3, -0.25) is 0 Å². The number of halogens is 1. The normalized spacial score (nSPS) is 34.0. The summed E-state index contributed by atoms with van der Waals surface area (Å²) in [5, 5.41) is 11.9. The number of aliphatic hydroxyl groups is 1. The first kappa shape index (κ1) is 9.17. The van der Waals surface area contributed by atoms with Crippen LogP contribution < -0.4 is 5.32 Å². The third-order valence-electron chi connectivity index (χ3n) is 1.42. The number of rotatable bonds is 1. The molecule has 2 atom stereocenters. The SMILES string of the molecule is CN[C@H]1COC[C@@H]1O.Cl. The second-order valence-electron chi connectivity index (χ2n) is 2.00. The first-order chi connectivity index (χ1) is 3.84. The first-order valence-electron chi connectivity index (χ1n) is 2.77. The molecular formula is C5H12ClNO2. The van der Waals surface area contributed by atoms with Crippen LogP contribution in [0.25, 0.3) is 0 Å². The average molecular weight is 154 g/mol. The predicted octanol–water partition coefficient (Wildman–Crippen LogP) is -0.613. The summed E-state index contributed by atoms with van der Waals surface area (Å²) in [7, 11) is 1.82. The molecule has 0 aliphatic carbocycles. The smallest absolute Gasteiger partial charge is 0.0948 e. The van der Waals surface area contributed by atoms with Crippen molar-refractivity contribution in [3.05, 3.63) is 0 Å². The Labute approximate surface area is 60.8 Å². The highest BCUT2D eigenvalue weighted by Gasteiger charge is 2.23. The van der Waals surface area contributed by atoms with Crippen LogP contribution in [-0.4, -0.2) is 37.5 Å². The fourth-order valence-electron chi connectivity index (χ4n) is 0.819. The molecule has 0 aromatic rings. The van der Waals surface area contributed by atoms with Crippen molar-refractivity contribution in [1.29, 1.82) is 0 Å². The highest BCUT2D eigenvalue weighted by molar-refractivity contribution is 5.85. The van der Waals surface area contributed by atoms with Crippen LogP contribution in [0.2, 0.25) is 0 Å². The molecule has 1 rings (SSSR count). The van der Waals surface area contributed by atoms with Gasteiger partial charge in [0.1, 0.15) is 0 Å². The van der Waals surface area contributed by atoms with Gasteiger partial charge in [-0.1, -0.05) is 0 Å². The third kappa shape index (κ3) is 2.10. The maximum Gasteiger partial charge on any atom is 0.0948 e. The summed E-state index contributed by atoms with van der Waals surface area (Å²) in [6.07, 6.45) is -0.306. The van der Waals surface area contributed by atoms with Crippen molar-refractivity contribution < 1.29 is 9.84 Å². The Bertz CT molecular complexity index is 81.4. The second-order valence-corrected chi connectivity index (χ2v) is 2.00. The van der Waals surface area contributed by atoms with Crippen molar-refractivity contribution in [2.24, 2.45) is 0 Å². The summed E-state index contributed by atoms with van der Waals surface area (Å²) in [6.45, 7) is 1.11. The lowest BCUT2D eigenvalue weighted by Gasteiger charge is -2.08. The van der Waals surface area contributed by atoms with E-state index in [1.165, 1.54) is 0 Å².